The van der Waals surface area contributed by atoms with Crippen molar-refractivity contribution < 1.29 is 13.5 Å². The highest BCUT2D eigenvalue weighted by molar-refractivity contribution is 9.10. The van der Waals surface area contributed by atoms with E-state index in [1.54, 1.807) is 0 Å². The quantitative estimate of drug-likeness (QED) is 0.689. The van der Waals surface area contributed by atoms with Gasteiger partial charge in [-0.1, -0.05) is 29.3 Å². The zero-order valence-electron chi connectivity index (χ0n) is 10.4. The lowest BCUT2D eigenvalue weighted by Gasteiger charge is -2.12. The maximum atomic E-state index is 12.2. The normalized spacial score (nSPS) is 10.8. The molecule has 8 heteroatoms. The Bertz CT molecular complexity index is 620. The summed E-state index contributed by atoms with van der Waals surface area (Å²) in [6.07, 6.45) is 0. The average Bonchev–Trinajstić information content (AvgIpc) is 2.40. The van der Waals surface area contributed by atoms with Crippen LogP contribution >= 0.6 is 39.1 Å². The van der Waals surface area contributed by atoms with Gasteiger partial charge in [-0.15, -0.1) is 0 Å². The average molecular weight is 398 g/mol. The molecule has 0 radical (unpaired) electrons. The SMILES string of the molecule is FC(F)Oc1c(Cl)cc(NCc2cccc(Br)n2)cc1Cl. The molecule has 0 unspecified atom stereocenters. The van der Waals surface area contributed by atoms with Gasteiger partial charge in [-0.25, -0.2) is 4.98 Å². The van der Waals surface area contributed by atoms with Crippen molar-refractivity contribution in [2.45, 2.75) is 13.2 Å². The third-order valence-electron chi connectivity index (χ3n) is 2.45. The molecule has 0 saturated carbocycles. The maximum absolute atomic E-state index is 12.2. The molecule has 2 rings (SSSR count). The van der Waals surface area contributed by atoms with Crippen LogP contribution in [0.1, 0.15) is 5.69 Å². The van der Waals surface area contributed by atoms with E-state index >= 15 is 0 Å². The van der Waals surface area contributed by atoms with Crippen molar-refractivity contribution in [1.29, 1.82) is 0 Å². The molecule has 0 bridgehead atoms. The number of aromatic nitrogens is 1. The zero-order valence-corrected chi connectivity index (χ0v) is 13.5. The van der Waals surface area contributed by atoms with Crippen LogP contribution in [0.3, 0.4) is 0 Å². The molecule has 1 heterocycles. The van der Waals surface area contributed by atoms with Gasteiger partial charge < -0.3 is 10.1 Å². The van der Waals surface area contributed by atoms with Crippen LogP contribution in [0.25, 0.3) is 0 Å². The number of ether oxygens (including phenoxy) is 1. The number of hydrogen-bond acceptors (Lipinski definition) is 3. The molecule has 21 heavy (non-hydrogen) atoms. The molecule has 1 aromatic carbocycles. The van der Waals surface area contributed by atoms with E-state index in [1.165, 1.54) is 12.1 Å². The van der Waals surface area contributed by atoms with Crippen molar-refractivity contribution in [2.75, 3.05) is 5.32 Å². The Morgan fingerprint density at radius 2 is 1.90 bits per heavy atom. The van der Waals surface area contributed by atoms with E-state index in [1.807, 2.05) is 18.2 Å². The number of rotatable bonds is 5. The van der Waals surface area contributed by atoms with Crippen LogP contribution in [0, 0.1) is 0 Å². The molecule has 1 aromatic heterocycles. The number of pyridine rings is 1. The van der Waals surface area contributed by atoms with E-state index in [0.29, 0.717) is 12.2 Å². The van der Waals surface area contributed by atoms with Gasteiger partial charge in [0, 0.05) is 5.69 Å². The van der Waals surface area contributed by atoms with Crippen molar-refractivity contribution in [3.63, 3.8) is 0 Å². The highest BCUT2D eigenvalue weighted by Gasteiger charge is 2.14. The predicted octanol–water partition coefficient (Wildman–Crippen LogP) is 5.36. The summed E-state index contributed by atoms with van der Waals surface area (Å²) < 4.78 is 29.4. The second-order valence-electron chi connectivity index (χ2n) is 3.95. The zero-order chi connectivity index (χ0) is 15.4. The van der Waals surface area contributed by atoms with Gasteiger partial charge in [0.25, 0.3) is 0 Å². The topological polar surface area (TPSA) is 34.1 Å². The molecule has 0 spiro atoms. The van der Waals surface area contributed by atoms with Crippen LogP contribution in [0.5, 0.6) is 5.75 Å². The first-order valence-corrected chi connectivity index (χ1v) is 7.30. The van der Waals surface area contributed by atoms with Gasteiger partial charge >= 0.3 is 6.61 Å². The van der Waals surface area contributed by atoms with Crippen LogP contribution in [0.4, 0.5) is 14.5 Å². The number of anilines is 1. The summed E-state index contributed by atoms with van der Waals surface area (Å²) in [5.74, 6) is -0.237. The summed E-state index contributed by atoms with van der Waals surface area (Å²) >= 11 is 15.0. The minimum Gasteiger partial charge on any atom is -0.432 e. The molecular formula is C13H9BrCl2F2N2O. The second kappa shape index (κ2) is 7.24. The van der Waals surface area contributed by atoms with Crippen LogP contribution in [-0.4, -0.2) is 11.6 Å². The van der Waals surface area contributed by atoms with Crippen molar-refractivity contribution in [1.82, 2.24) is 4.98 Å². The highest BCUT2D eigenvalue weighted by atomic mass is 79.9. The molecule has 0 aliphatic rings. The Labute approximate surface area is 138 Å². The Morgan fingerprint density at radius 1 is 1.24 bits per heavy atom. The third-order valence-corrected chi connectivity index (χ3v) is 3.45. The van der Waals surface area contributed by atoms with E-state index in [2.05, 4.69) is 31.0 Å². The number of nitrogens with zero attached hydrogens (tertiary/aromatic N) is 1. The van der Waals surface area contributed by atoms with E-state index in [9.17, 15) is 8.78 Å². The van der Waals surface area contributed by atoms with Crippen LogP contribution in [0.2, 0.25) is 10.0 Å². The molecule has 0 amide bonds. The van der Waals surface area contributed by atoms with Gasteiger partial charge in [-0.3, -0.25) is 0 Å². The molecular weight excluding hydrogens is 389 g/mol. The lowest BCUT2D eigenvalue weighted by atomic mass is 10.3. The molecule has 3 nitrogen and oxygen atoms in total. The minimum atomic E-state index is -2.98. The molecule has 0 aliphatic heterocycles. The molecule has 2 aromatic rings. The number of alkyl halides is 2. The molecule has 0 atom stereocenters. The number of benzene rings is 1. The number of halogens is 5. The van der Waals surface area contributed by atoms with Crippen molar-refractivity contribution in [3.8, 4) is 5.75 Å². The molecule has 1 N–H and O–H groups in total. The Balaban J connectivity index is 2.11. The first-order chi connectivity index (χ1) is 9.95. The Kier molecular flexibility index (Phi) is 5.61. The largest absolute Gasteiger partial charge is 0.432 e. The standard InChI is InChI=1S/C13H9BrCl2F2N2O/c14-11-3-1-2-7(20-11)6-19-8-4-9(15)12(10(16)5-8)21-13(17)18/h1-5,13,19H,6H2. The molecule has 0 saturated heterocycles. The summed E-state index contributed by atoms with van der Waals surface area (Å²) in [6, 6.07) is 8.43. The van der Waals surface area contributed by atoms with Gasteiger partial charge in [0.1, 0.15) is 4.60 Å². The second-order valence-corrected chi connectivity index (χ2v) is 5.58. The predicted molar refractivity (Wildman–Crippen MR) is 82.4 cm³/mol. The molecule has 112 valence electrons. The third kappa shape index (κ3) is 4.69. The smallest absolute Gasteiger partial charge is 0.387 e. The van der Waals surface area contributed by atoms with Crippen molar-refractivity contribution in [3.05, 3.63) is 50.7 Å². The fourth-order valence-electron chi connectivity index (χ4n) is 1.61. The van der Waals surface area contributed by atoms with Crippen LogP contribution in [0.15, 0.2) is 34.9 Å². The molecule has 0 fully saturated rings. The Morgan fingerprint density at radius 3 is 2.48 bits per heavy atom. The fourth-order valence-corrected chi connectivity index (χ4v) is 2.56. The van der Waals surface area contributed by atoms with E-state index in [4.69, 9.17) is 23.2 Å². The van der Waals surface area contributed by atoms with Gasteiger partial charge in [0.2, 0.25) is 0 Å². The maximum Gasteiger partial charge on any atom is 0.387 e. The summed E-state index contributed by atoms with van der Waals surface area (Å²) in [7, 11) is 0. The summed E-state index contributed by atoms with van der Waals surface area (Å²) in [6.45, 7) is -2.55. The Hall–Kier alpha value is -1.11. The summed E-state index contributed by atoms with van der Waals surface area (Å²) in [5, 5.41) is 3.07. The minimum absolute atomic E-state index is 0.00695. The van der Waals surface area contributed by atoms with E-state index in [-0.39, 0.29) is 15.8 Å². The fraction of sp³-hybridized carbons (Fsp3) is 0.154. The highest BCUT2D eigenvalue weighted by Crippen LogP contribution is 2.37. The van der Waals surface area contributed by atoms with E-state index < -0.39 is 6.61 Å². The number of hydrogen-bond donors (Lipinski definition) is 1. The first-order valence-electron chi connectivity index (χ1n) is 5.75. The van der Waals surface area contributed by atoms with Gasteiger partial charge in [0.05, 0.1) is 22.3 Å². The lowest BCUT2D eigenvalue weighted by Crippen LogP contribution is -2.05. The van der Waals surface area contributed by atoms with E-state index in [0.717, 1.165) is 10.3 Å². The first kappa shape index (κ1) is 16.3. The van der Waals surface area contributed by atoms with Gasteiger partial charge in [0.15, 0.2) is 5.75 Å². The summed E-state index contributed by atoms with van der Waals surface area (Å²) in [5.41, 5.74) is 1.37. The molecule has 0 aliphatic carbocycles. The number of nitrogens with one attached hydrogen (secondary N) is 1. The van der Waals surface area contributed by atoms with Crippen LogP contribution in [-0.2, 0) is 6.54 Å². The van der Waals surface area contributed by atoms with Crippen molar-refractivity contribution in [2.24, 2.45) is 0 Å². The summed E-state index contributed by atoms with van der Waals surface area (Å²) in [4.78, 5) is 4.25. The van der Waals surface area contributed by atoms with Crippen molar-refractivity contribution >= 4 is 44.8 Å². The van der Waals surface area contributed by atoms with Gasteiger partial charge in [-0.2, -0.15) is 8.78 Å². The van der Waals surface area contributed by atoms with Gasteiger partial charge in [-0.05, 0) is 40.2 Å². The monoisotopic (exact) mass is 396 g/mol. The van der Waals surface area contributed by atoms with Crippen LogP contribution < -0.4 is 10.1 Å². The lowest BCUT2D eigenvalue weighted by molar-refractivity contribution is -0.0497.